The number of carbonyl (C=O) groups is 2. The number of hydrogen-bond acceptors (Lipinski definition) is 2. The van der Waals surface area contributed by atoms with Crippen molar-refractivity contribution in [1.82, 2.24) is 4.90 Å². The smallest absolute Gasteiger partial charge is 0.223 e. The maximum absolute atomic E-state index is 12.1. The van der Waals surface area contributed by atoms with Crippen LogP contribution in [0.3, 0.4) is 0 Å². The van der Waals surface area contributed by atoms with Crippen molar-refractivity contribution in [2.45, 2.75) is 18.8 Å². The molecule has 1 aliphatic heterocycles. The molecule has 1 spiro atoms. The Morgan fingerprint density at radius 1 is 1.39 bits per heavy atom. The molecule has 1 aromatic rings. The van der Waals surface area contributed by atoms with Gasteiger partial charge in [-0.15, -0.1) is 0 Å². The lowest BCUT2D eigenvalue weighted by molar-refractivity contribution is -0.126. The Bertz CT molecular complexity index is 631. The fourth-order valence-corrected chi connectivity index (χ4v) is 3.69. The van der Waals surface area contributed by atoms with Crippen LogP contribution in [0.5, 0.6) is 0 Å². The van der Waals surface area contributed by atoms with E-state index in [1.165, 1.54) is 0 Å². The largest absolute Gasteiger partial charge is 0.315 e. The van der Waals surface area contributed by atoms with Crippen LogP contribution in [0.25, 0.3) is 0 Å². The lowest BCUT2D eigenvalue weighted by Crippen LogP contribution is -2.32. The van der Waals surface area contributed by atoms with Gasteiger partial charge in [-0.3, -0.25) is 9.59 Å². The zero-order valence-electron chi connectivity index (χ0n) is 10.1. The fourth-order valence-electron chi connectivity index (χ4n) is 3.69. The molecule has 1 aromatic carbocycles. The Balaban J connectivity index is 1.95. The number of likely N-dealkylation sites (tertiary alicyclic amines) is 1. The van der Waals surface area contributed by atoms with Crippen LogP contribution in [0.2, 0.25) is 0 Å². The molecule has 18 heavy (non-hydrogen) atoms. The van der Waals surface area contributed by atoms with E-state index in [1.54, 1.807) is 17.9 Å². The first-order chi connectivity index (χ1) is 8.64. The summed E-state index contributed by atoms with van der Waals surface area (Å²) >= 11 is 0. The van der Waals surface area contributed by atoms with Gasteiger partial charge in [0, 0.05) is 36.2 Å². The minimum Gasteiger partial charge on any atom is -0.315 e. The van der Waals surface area contributed by atoms with Crippen molar-refractivity contribution in [3.63, 3.8) is 0 Å². The fraction of sp³-hybridized carbons (Fsp3) is 0.333. The molecule has 3 nitrogen and oxygen atoms in total. The summed E-state index contributed by atoms with van der Waals surface area (Å²) < 4.78 is 0. The first-order valence-electron chi connectivity index (χ1n) is 6.29. The van der Waals surface area contributed by atoms with Gasteiger partial charge in [0.15, 0.2) is 5.78 Å². The van der Waals surface area contributed by atoms with Crippen LogP contribution in [0.1, 0.15) is 29.3 Å². The van der Waals surface area contributed by atoms with Gasteiger partial charge in [-0.1, -0.05) is 24.3 Å². The maximum atomic E-state index is 12.1. The molecule has 2 aliphatic carbocycles. The van der Waals surface area contributed by atoms with Crippen molar-refractivity contribution in [3.05, 3.63) is 47.2 Å². The highest BCUT2D eigenvalue weighted by Gasteiger charge is 2.66. The number of ketones is 1. The van der Waals surface area contributed by atoms with Crippen LogP contribution >= 0.6 is 0 Å². The third-order valence-electron chi connectivity index (χ3n) is 4.58. The van der Waals surface area contributed by atoms with Gasteiger partial charge in [-0.2, -0.15) is 0 Å². The number of rotatable bonds is 0. The van der Waals surface area contributed by atoms with Gasteiger partial charge in [0.1, 0.15) is 0 Å². The number of piperidine rings is 1. The molecule has 1 heterocycles. The monoisotopic (exact) mass is 239 g/mol. The van der Waals surface area contributed by atoms with E-state index >= 15 is 0 Å². The van der Waals surface area contributed by atoms with Crippen molar-refractivity contribution < 1.29 is 9.59 Å². The van der Waals surface area contributed by atoms with E-state index in [0.29, 0.717) is 5.92 Å². The van der Waals surface area contributed by atoms with Crippen LogP contribution in [0.15, 0.2) is 36.0 Å². The van der Waals surface area contributed by atoms with Crippen LogP contribution < -0.4 is 0 Å². The van der Waals surface area contributed by atoms with Crippen LogP contribution in [-0.2, 0) is 10.2 Å². The zero-order valence-corrected chi connectivity index (χ0v) is 10.1. The molecule has 0 bridgehead atoms. The van der Waals surface area contributed by atoms with Crippen molar-refractivity contribution in [2.75, 3.05) is 6.54 Å². The summed E-state index contributed by atoms with van der Waals surface area (Å²) in [7, 11) is 0. The predicted molar refractivity (Wildman–Crippen MR) is 66.0 cm³/mol. The maximum Gasteiger partial charge on any atom is 0.223 e. The van der Waals surface area contributed by atoms with E-state index < -0.39 is 0 Å². The Morgan fingerprint density at radius 2 is 2.17 bits per heavy atom. The second kappa shape index (κ2) is 2.91. The molecule has 0 aromatic heterocycles. The summed E-state index contributed by atoms with van der Waals surface area (Å²) in [6.45, 7) is 2.34. The lowest BCUT2D eigenvalue weighted by atomic mass is 9.81. The van der Waals surface area contributed by atoms with Gasteiger partial charge in [0.2, 0.25) is 5.91 Å². The van der Waals surface area contributed by atoms with E-state index in [2.05, 4.69) is 0 Å². The summed E-state index contributed by atoms with van der Waals surface area (Å²) in [5.74, 6) is 0.576. The van der Waals surface area contributed by atoms with Crippen LogP contribution in [0.4, 0.5) is 0 Å². The Kier molecular flexibility index (Phi) is 1.63. The van der Waals surface area contributed by atoms with Crippen LogP contribution in [-0.4, -0.2) is 23.1 Å². The molecule has 1 amide bonds. The number of allylic oxidation sites excluding steroid dienone is 2. The molecule has 2 atom stereocenters. The van der Waals surface area contributed by atoms with E-state index in [4.69, 9.17) is 0 Å². The van der Waals surface area contributed by atoms with Gasteiger partial charge in [-0.25, -0.2) is 0 Å². The number of carbonyl (C=O) groups excluding carboxylic acids is 2. The quantitative estimate of drug-likeness (QED) is 0.693. The number of hydrogen-bond donors (Lipinski definition) is 0. The number of amides is 1. The van der Waals surface area contributed by atoms with Gasteiger partial charge < -0.3 is 4.90 Å². The predicted octanol–water partition coefficient (Wildman–Crippen LogP) is 1.89. The highest BCUT2D eigenvalue weighted by Crippen LogP contribution is 2.66. The normalized spacial score (nSPS) is 31.4. The summed E-state index contributed by atoms with van der Waals surface area (Å²) in [5.41, 5.74) is 2.84. The summed E-state index contributed by atoms with van der Waals surface area (Å²) in [6, 6.07) is 7.83. The second-order valence-corrected chi connectivity index (χ2v) is 5.44. The first-order valence-corrected chi connectivity index (χ1v) is 6.29. The molecule has 3 heteroatoms. The van der Waals surface area contributed by atoms with E-state index in [9.17, 15) is 9.59 Å². The van der Waals surface area contributed by atoms with E-state index in [0.717, 1.165) is 29.8 Å². The first kappa shape index (κ1) is 10.1. The number of fused-ring (bicyclic) bond motifs is 1. The Morgan fingerprint density at radius 3 is 2.94 bits per heavy atom. The minimum absolute atomic E-state index is 0.0316. The van der Waals surface area contributed by atoms with Crippen molar-refractivity contribution in [2.24, 2.45) is 5.92 Å². The highest BCUT2D eigenvalue weighted by atomic mass is 16.2. The molecule has 0 radical (unpaired) electrons. The molecule has 1 unspecified atom stereocenters. The number of nitrogens with zero attached hydrogens (tertiary/aromatic N) is 1. The molecule has 4 rings (SSSR count). The zero-order chi connectivity index (χ0) is 12.5. The number of benzene rings is 1. The summed E-state index contributed by atoms with van der Waals surface area (Å²) in [4.78, 5) is 25.6. The van der Waals surface area contributed by atoms with Crippen molar-refractivity contribution in [3.8, 4) is 0 Å². The Hall–Kier alpha value is -1.90. The summed E-state index contributed by atoms with van der Waals surface area (Å²) in [5, 5.41) is 0. The highest BCUT2D eigenvalue weighted by molar-refractivity contribution is 6.09. The van der Waals surface area contributed by atoms with E-state index in [1.807, 2.05) is 24.3 Å². The molecule has 1 saturated heterocycles. The van der Waals surface area contributed by atoms with Crippen molar-refractivity contribution in [1.29, 1.82) is 0 Å². The van der Waals surface area contributed by atoms with E-state index in [-0.39, 0.29) is 17.1 Å². The standard InChI is InChI=1S/C15H13NO2/c1-9(17)16-8-10-7-15(10)12-5-3-2-4-11(12)13(18)6-14(15)16/h2-6,10H,7-8H2,1H3/t10?,15-/m0/s1. The van der Waals surface area contributed by atoms with Crippen molar-refractivity contribution >= 4 is 11.7 Å². The Labute approximate surface area is 105 Å². The molecule has 90 valence electrons. The summed E-state index contributed by atoms with van der Waals surface area (Å²) in [6.07, 6.45) is 2.75. The molecular weight excluding hydrogens is 226 g/mol. The SMILES string of the molecule is CC(=O)N1CC2C[C@]23C1=CC(=O)c1ccccc13. The van der Waals surface area contributed by atoms with Gasteiger partial charge >= 0.3 is 0 Å². The average molecular weight is 239 g/mol. The van der Waals surface area contributed by atoms with Gasteiger partial charge in [0.25, 0.3) is 0 Å². The molecule has 0 N–H and O–H groups in total. The van der Waals surface area contributed by atoms with Crippen LogP contribution in [0, 0.1) is 5.92 Å². The molecule has 3 aliphatic rings. The minimum atomic E-state index is -0.0316. The molecule has 1 saturated carbocycles. The molecular formula is C15H13NO2. The van der Waals surface area contributed by atoms with Gasteiger partial charge in [-0.05, 0) is 17.9 Å². The lowest BCUT2D eigenvalue weighted by Gasteiger charge is -2.28. The topological polar surface area (TPSA) is 37.4 Å². The molecule has 2 fully saturated rings. The third-order valence-corrected chi connectivity index (χ3v) is 4.58. The van der Waals surface area contributed by atoms with Gasteiger partial charge in [0.05, 0.1) is 0 Å². The second-order valence-electron chi connectivity index (χ2n) is 5.44. The average Bonchev–Trinajstić information content (AvgIpc) is 2.99. The third kappa shape index (κ3) is 0.964.